The second-order valence-electron chi connectivity index (χ2n) is 4.67. The van der Waals surface area contributed by atoms with Crippen LogP contribution in [0, 0.1) is 5.92 Å². The Morgan fingerprint density at radius 1 is 1.33 bits per heavy atom. The molecule has 1 aliphatic carbocycles. The molecule has 2 unspecified atom stereocenters. The van der Waals surface area contributed by atoms with Crippen molar-refractivity contribution >= 4 is 40.7 Å². The highest BCUT2D eigenvalue weighted by atomic mass is 35.5. The van der Waals surface area contributed by atoms with Gasteiger partial charge in [-0.05, 0) is 25.2 Å². The summed E-state index contributed by atoms with van der Waals surface area (Å²) in [5.74, 6) is 0.352. The SMILES string of the molecule is CC1CCC(NC(=O)c2ncc(Cl)c(Cl)c2Cl)C1. The summed E-state index contributed by atoms with van der Waals surface area (Å²) in [6, 6.07) is 0.194. The molecule has 1 amide bonds. The molecule has 1 aromatic heterocycles. The Hall–Kier alpha value is -0.510. The summed E-state index contributed by atoms with van der Waals surface area (Å²) in [6.07, 6.45) is 4.45. The molecular weight excluding hydrogens is 295 g/mol. The average Bonchev–Trinajstić information content (AvgIpc) is 2.71. The minimum absolute atomic E-state index is 0.104. The number of carbonyl (C=O) groups is 1. The summed E-state index contributed by atoms with van der Waals surface area (Å²) in [7, 11) is 0. The highest BCUT2D eigenvalue weighted by molar-refractivity contribution is 6.48. The van der Waals surface area contributed by atoms with Crippen molar-refractivity contribution in [2.24, 2.45) is 5.92 Å². The van der Waals surface area contributed by atoms with Gasteiger partial charge in [0.25, 0.3) is 5.91 Å². The van der Waals surface area contributed by atoms with Crippen molar-refractivity contribution in [3.63, 3.8) is 0 Å². The first-order valence-electron chi connectivity index (χ1n) is 5.79. The topological polar surface area (TPSA) is 42.0 Å². The van der Waals surface area contributed by atoms with E-state index in [9.17, 15) is 4.79 Å². The Morgan fingerprint density at radius 2 is 2.06 bits per heavy atom. The number of nitrogens with one attached hydrogen (secondary N) is 1. The first-order valence-corrected chi connectivity index (χ1v) is 6.92. The lowest BCUT2D eigenvalue weighted by atomic mass is 10.1. The van der Waals surface area contributed by atoms with Gasteiger partial charge in [0.2, 0.25) is 0 Å². The number of nitrogens with zero attached hydrogens (tertiary/aromatic N) is 1. The molecule has 0 aliphatic heterocycles. The second-order valence-corrected chi connectivity index (χ2v) is 5.83. The summed E-state index contributed by atoms with van der Waals surface area (Å²) in [6.45, 7) is 2.18. The van der Waals surface area contributed by atoms with Gasteiger partial charge < -0.3 is 5.32 Å². The van der Waals surface area contributed by atoms with Crippen LogP contribution in [-0.2, 0) is 0 Å². The summed E-state index contributed by atoms with van der Waals surface area (Å²) in [5.41, 5.74) is 0.130. The third-order valence-corrected chi connectivity index (χ3v) is 4.40. The highest BCUT2D eigenvalue weighted by Gasteiger charge is 2.25. The molecule has 1 heterocycles. The van der Waals surface area contributed by atoms with Gasteiger partial charge in [-0.1, -0.05) is 41.7 Å². The van der Waals surface area contributed by atoms with Crippen molar-refractivity contribution in [2.45, 2.75) is 32.2 Å². The lowest BCUT2D eigenvalue weighted by molar-refractivity contribution is 0.0932. The molecular formula is C12H13Cl3N2O. The maximum Gasteiger partial charge on any atom is 0.271 e. The number of hydrogen-bond donors (Lipinski definition) is 1. The third-order valence-electron chi connectivity index (χ3n) is 3.16. The Balaban J connectivity index is 2.12. The van der Waals surface area contributed by atoms with Crippen LogP contribution in [-0.4, -0.2) is 16.9 Å². The molecule has 1 saturated carbocycles. The van der Waals surface area contributed by atoms with E-state index < -0.39 is 0 Å². The number of pyridine rings is 1. The van der Waals surface area contributed by atoms with Crippen molar-refractivity contribution in [1.29, 1.82) is 0 Å². The molecule has 0 radical (unpaired) electrons. The number of rotatable bonds is 2. The molecule has 2 rings (SSSR count). The molecule has 0 saturated heterocycles. The molecule has 1 N–H and O–H groups in total. The van der Waals surface area contributed by atoms with Crippen molar-refractivity contribution in [3.05, 3.63) is 27.0 Å². The van der Waals surface area contributed by atoms with Crippen molar-refractivity contribution in [2.75, 3.05) is 0 Å². The van der Waals surface area contributed by atoms with Gasteiger partial charge >= 0.3 is 0 Å². The normalized spacial score (nSPS) is 23.1. The summed E-state index contributed by atoms with van der Waals surface area (Å²) < 4.78 is 0. The van der Waals surface area contributed by atoms with E-state index in [2.05, 4.69) is 17.2 Å². The van der Waals surface area contributed by atoms with E-state index >= 15 is 0 Å². The third kappa shape index (κ3) is 2.90. The predicted molar refractivity (Wildman–Crippen MR) is 73.5 cm³/mol. The zero-order chi connectivity index (χ0) is 13.3. The van der Waals surface area contributed by atoms with Crippen LogP contribution in [0.25, 0.3) is 0 Å². The first kappa shape index (κ1) is 13.9. The van der Waals surface area contributed by atoms with Gasteiger partial charge in [-0.3, -0.25) is 4.79 Å². The molecule has 3 nitrogen and oxygen atoms in total. The van der Waals surface area contributed by atoms with Crippen LogP contribution in [0.1, 0.15) is 36.7 Å². The fourth-order valence-corrected chi connectivity index (χ4v) is 2.76. The van der Waals surface area contributed by atoms with Crippen LogP contribution in [0.2, 0.25) is 15.1 Å². The van der Waals surface area contributed by atoms with Crippen molar-refractivity contribution in [3.8, 4) is 0 Å². The van der Waals surface area contributed by atoms with E-state index in [0.717, 1.165) is 19.3 Å². The fourth-order valence-electron chi connectivity index (χ4n) is 2.19. The van der Waals surface area contributed by atoms with E-state index in [4.69, 9.17) is 34.8 Å². The Labute approximate surface area is 121 Å². The minimum atomic E-state index is -0.294. The molecule has 0 aromatic carbocycles. The lowest BCUT2D eigenvalue weighted by Gasteiger charge is -2.13. The van der Waals surface area contributed by atoms with Crippen molar-refractivity contribution < 1.29 is 4.79 Å². The lowest BCUT2D eigenvalue weighted by Crippen LogP contribution is -2.33. The van der Waals surface area contributed by atoms with Gasteiger partial charge in [-0.2, -0.15) is 0 Å². The summed E-state index contributed by atoms with van der Waals surface area (Å²) >= 11 is 17.6. The van der Waals surface area contributed by atoms with E-state index in [1.165, 1.54) is 6.20 Å². The molecule has 1 fully saturated rings. The minimum Gasteiger partial charge on any atom is -0.348 e. The van der Waals surface area contributed by atoms with Gasteiger partial charge in [0.1, 0.15) is 5.69 Å². The number of hydrogen-bond acceptors (Lipinski definition) is 2. The fraction of sp³-hybridized carbons (Fsp3) is 0.500. The van der Waals surface area contributed by atoms with Gasteiger partial charge in [-0.15, -0.1) is 0 Å². The second kappa shape index (κ2) is 5.64. The maximum atomic E-state index is 12.0. The molecule has 2 atom stereocenters. The smallest absolute Gasteiger partial charge is 0.271 e. The number of amides is 1. The zero-order valence-electron chi connectivity index (χ0n) is 9.84. The average molecular weight is 308 g/mol. The Morgan fingerprint density at radius 3 is 2.67 bits per heavy atom. The summed E-state index contributed by atoms with van der Waals surface area (Å²) in [4.78, 5) is 16.0. The quantitative estimate of drug-likeness (QED) is 0.898. The molecule has 98 valence electrons. The molecule has 1 aromatic rings. The summed E-state index contributed by atoms with van der Waals surface area (Å²) in [5, 5.41) is 3.44. The van der Waals surface area contributed by atoms with Crippen LogP contribution in [0.15, 0.2) is 6.20 Å². The molecule has 6 heteroatoms. The number of aromatic nitrogens is 1. The van der Waals surface area contributed by atoms with Crippen LogP contribution in [0.4, 0.5) is 0 Å². The van der Waals surface area contributed by atoms with Gasteiger partial charge in [-0.25, -0.2) is 4.98 Å². The van der Waals surface area contributed by atoms with Gasteiger partial charge in [0, 0.05) is 12.2 Å². The largest absolute Gasteiger partial charge is 0.348 e. The van der Waals surface area contributed by atoms with Crippen LogP contribution >= 0.6 is 34.8 Å². The standard InChI is InChI=1S/C12H13Cl3N2O/c1-6-2-3-7(4-6)17-12(18)11-10(15)9(14)8(13)5-16-11/h5-7H,2-4H2,1H3,(H,17,18). The van der Waals surface area contributed by atoms with Gasteiger partial charge in [0.15, 0.2) is 0 Å². The Bertz CT molecular complexity index is 479. The first-order chi connectivity index (χ1) is 8.49. The van der Waals surface area contributed by atoms with Crippen LogP contribution < -0.4 is 5.32 Å². The Kier molecular flexibility index (Phi) is 4.36. The van der Waals surface area contributed by atoms with Crippen LogP contribution in [0.5, 0.6) is 0 Å². The van der Waals surface area contributed by atoms with E-state index in [-0.39, 0.29) is 32.7 Å². The number of carbonyl (C=O) groups excluding carboxylic acids is 1. The monoisotopic (exact) mass is 306 g/mol. The van der Waals surface area contributed by atoms with Crippen LogP contribution in [0.3, 0.4) is 0 Å². The van der Waals surface area contributed by atoms with Gasteiger partial charge in [0.05, 0.1) is 15.1 Å². The van der Waals surface area contributed by atoms with Crippen molar-refractivity contribution in [1.82, 2.24) is 10.3 Å². The molecule has 0 bridgehead atoms. The molecule has 0 spiro atoms. The van der Waals surface area contributed by atoms with E-state index in [1.54, 1.807) is 0 Å². The highest BCUT2D eigenvalue weighted by Crippen LogP contribution is 2.31. The van der Waals surface area contributed by atoms with E-state index in [1.807, 2.05) is 0 Å². The number of halogens is 3. The predicted octanol–water partition coefficient (Wildman–Crippen LogP) is 3.96. The van der Waals surface area contributed by atoms with E-state index in [0.29, 0.717) is 5.92 Å². The molecule has 1 aliphatic rings. The maximum absolute atomic E-state index is 12.0. The molecule has 18 heavy (non-hydrogen) atoms. The zero-order valence-corrected chi connectivity index (χ0v) is 12.1.